The van der Waals surface area contributed by atoms with Crippen molar-refractivity contribution >= 4 is 54.1 Å². The minimum absolute atomic E-state index is 0.0303. The number of nitrogens with one attached hydrogen (secondary N) is 1. The number of pyridine rings is 1. The van der Waals surface area contributed by atoms with Crippen LogP contribution in [-0.4, -0.2) is 82.4 Å². The Kier molecular flexibility index (Phi) is 8.37. The summed E-state index contributed by atoms with van der Waals surface area (Å²) in [6.07, 6.45) is 0.0447. The number of fused-ring (bicyclic) bond motifs is 1. The molecule has 3 heterocycles. The van der Waals surface area contributed by atoms with Crippen molar-refractivity contribution < 1.29 is 27.5 Å². The number of hydrogen-bond donors (Lipinski definition) is 1. The fourth-order valence-electron chi connectivity index (χ4n) is 3.65. The van der Waals surface area contributed by atoms with Gasteiger partial charge < -0.3 is 19.2 Å². The molecule has 2 aromatic heterocycles. The smallest absolute Gasteiger partial charge is 0.280 e. The summed E-state index contributed by atoms with van der Waals surface area (Å²) in [5, 5.41) is 6.61. The second kappa shape index (κ2) is 11.5. The maximum absolute atomic E-state index is 13.3. The van der Waals surface area contributed by atoms with Crippen molar-refractivity contribution in [3.05, 3.63) is 42.0 Å². The standard InChI is InChI=1S/C24H29N5O6S2/c1-15(13-33-4)35-28-21(16-5-7-17(8-6-16)37(31,32)18-11-12-34-14-18)22(30)27-24-25-19-9-10-20(29(2)3)26-23(19)36-24/h5-10,15,18H,11-14H2,1-4H3,(H,25,27,30)/b28-21+/t15-,18+/m1/s1. The van der Waals surface area contributed by atoms with Gasteiger partial charge in [-0.05, 0) is 37.6 Å². The predicted molar refractivity (Wildman–Crippen MR) is 142 cm³/mol. The van der Waals surface area contributed by atoms with Crippen LogP contribution in [-0.2, 0) is 28.9 Å². The van der Waals surface area contributed by atoms with Gasteiger partial charge in [0.1, 0.15) is 22.3 Å². The second-order valence-electron chi connectivity index (χ2n) is 8.73. The number of anilines is 2. The van der Waals surface area contributed by atoms with Crippen LogP contribution in [0.2, 0.25) is 0 Å². The van der Waals surface area contributed by atoms with E-state index in [1.54, 1.807) is 6.92 Å². The number of methoxy groups -OCH3 is 1. The third kappa shape index (κ3) is 6.24. The van der Waals surface area contributed by atoms with Crippen molar-refractivity contribution in [3.63, 3.8) is 0 Å². The molecule has 1 amide bonds. The van der Waals surface area contributed by atoms with E-state index < -0.39 is 27.1 Å². The highest BCUT2D eigenvalue weighted by molar-refractivity contribution is 7.92. The Balaban J connectivity index is 1.60. The SMILES string of the molecule is COC[C@@H](C)O/N=C(/C(=O)Nc1nc2ccc(N(C)C)nc2s1)c1ccc(S(=O)(=O)[C@H]2CCOC2)cc1. The molecule has 13 heteroatoms. The van der Waals surface area contributed by atoms with Gasteiger partial charge in [-0.1, -0.05) is 28.6 Å². The lowest BCUT2D eigenvalue weighted by Crippen LogP contribution is -2.26. The van der Waals surface area contributed by atoms with Crippen molar-refractivity contribution in [2.45, 2.75) is 29.6 Å². The molecule has 0 unspecified atom stereocenters. The maximum Gasteiger partial charge on any atom is 0.280 e. The van der Waals surface area contributed by atoms with E-state index in [0.29, 0.717) is 34.1 Å². The van der Waals surface area contributed by atoms with Gasteiger partial charge in [-0.3, -0.25) is 10.1 Å². The van der Waals surface area contributed by atoms with Gasteiger partial charge in [0.25, 0.3) is 5.91 Å². The van der Waals surface area contributed by atoms with E-state index in [2.05, 4.69) is 20.4 Å². The van der Waals surface area contributed by atoms with E-state index in [1.807, 2.05) is 31.1 Å². The second-order valence-corrected chi connectivity index (χ2v) is 11.9. The Bertz CT molecular complexity index is 1380. The highest BCUT2D eigenvalue weighted by atomic mass is 32.2. The molecule has 0 spiro atoms. The molecule has 2 atom stereocenters. The molecule has 1 fully saturated rings. The molecular weight excluding hydrogens is 518 g/mol. The minimum atomic E-state index is -3.54. The highest BCUT2D eigenvalue weighted by Crippen LogP contribution is 2.27. The van der Waals surface area contributed by atoms with Crippen molar-refractivity contribution in [2.75, 3.05) is 51.2 Å². The number of carbonyl (C=O) groups excluding carboxylic acids is 1. The lowest BCUT2D eigenvalue weighted by atomic mass is 10.1. The number of rotatable bonds is 10. The number of aromatic nitrogens is 2. The Hall–Kier alpha value is -3.13. The zero-order valence-corrected chi connectivity index (χ0v) is 22.6. The molecule has 0 saturated carbocycles. The van der Waals surface area contributed by atoms with E-state index in [4.69, 9.17) is 14.3 Å². The first-order valence-corrected chi connectivity index (χ1v) is 14.0. The average molecular weight is 548 g/mol. The molecule has 37 heavy (non-hydrogen) atoms. The molecule has 1 N–H and O–H groups in total. The van der Waals surface area contributed by atoms with Crippen LogP contribution in [0.4, 0.5) is 10.9 Å². The number of nitrogens with zero attached hydrogens (tertiary/aromatic N) is 4. The summed E-state index contributed by atoms with van der Waals surface area (Å²) in [6.45, 7) is 2.63. The van der Waals surface area contributed by atoms with E-state index >= 15 is 0 Å². The van der Waals surface area contributed by atoms with Crippen molar-refractivity contribution in [2.24, 2.45) is 5.16 Å². The number of hydrogen-bond acceptors (Lipinski definition) is 11. The molecule has 198 valence electrons. The maximum atomic E-state index is 13.3. The number of carbonyl (C=O) groups is 1. The average Bonchev–Trinajstić information content (AvgIpc) is 3.54. The normalized spacial score (nSPS) is 17.1. The largest absolute Gasteiger partial charge is 0.390 e. The monoisotopic (exact) mass is 547 g/mol. The summed E-state index contributed by atoms with van der Waals surface area (Å²) in [5.41, 5.74) is 1.01. The Morgan fingerprint density at radius 1 is 1.24 bits per heavy atom. The quantitative estimate of drug-likeness (QED) is 0.300. The van der Waals surface area contributed by atoms with Gasteiger partial charge in [0.2, 0.25) is 0 Å². The summed E-state index contributed by atoms with van der Waals surface area (Å²) < 4.78 is 36.1. The molecular formula is C24H29N5O6S2. The predicted octanol–water partition coefficient (Wildman–Crippen LogP) is 2.71. The van der Waals surface area contributed by atoms with Gasteiger partial charge in [0.05, 0.1) is 23.4 Å². The molecule has 1 aliphatic heterocycles. The summed E-state index contributed by atoms with van der Waals surface area (Å²) in [4.78, 5) is 30.5. The van der Waals surface area contributed by atoms with Crippen LogP contribution < -0.4 is 10.2 Å². The fraction of sp³-hybridized carbons (Fsp3) is 0.417. The molecule has 0 aliphatic carbocycles. The first kappa shape index (κ1) is 26.9. The number of oxime groups is 1. The minimum Gasteiger partial charge on any atom is -0.390 e. The third-order valence-corrected chi connectivity index (χ3v) is 8.70. The summed E-state index contributed by atoms with van der Waals surface area (Å²) in [7, 11) is 1.78. The molecule has 0 bridgehead atoms. The number of sulfone groups is 1. The Morgan fingerprint density at radius 3 is 2.65 bits per heavy atom. The zero-order chi connectivity index (χ0) is 26.6. The third-order valence-electron chi connectivity index (χ3n) is 5.64. The van der Waals surface area contributed by atoms with Crippen LogP contribution >= 0.6 is 11.3 Å². The summed E-state index contributed by atoms with van der Waals surface area (Å²) in [6, 6.07) is 9.69. The molecule has 0 radical (unpaired) electrons. The number of amides is 1. The van der Waals surface area contributed by atoms with E-state index in [-0.39, 0.29) is 23.8 Å². The van der Waals surface area contributed by atoms with E-state index in [0.717, 1.165) is 5.82 Å². The van der Waals surface area contributed by atoms with Crippen LogP contribution in [0.5, 0.6) is 0 Å². The van der Waals surface area contributed by atoms with Gasteiger partial charge in [-0.15, -0.1) is 0 Å². The molecule has 3 aromatic rings. The topological polar surface area (TPSA) is 132 Å². The van der Waals surface area contributed by atoms with Crippen LogP contribution in [0.1, 0.15) is 18.9 Å². The van der Waals surface area contributed by atoms with Gasteiger partial charge in [-0.25, -0.2) is 18.4 Å². The number of ether oxygens (including phenoxy) is 2. The van der Waals surface area contributed by atoms with E-state index in [9.17, 15) is 13.2 Å². The van der Waals surface area contributed by atoms with Gasteiger partial charge in [-0.2, -0.15) is 0 Å². The first-order valence-electron chi connectivity index (χ1n) is 11.6. The first-order chi connectivity index (χ1) is 17.7. The number of benzene rings is 1. The Labute approximate surface area is 219 Å². The zero-order valence-electron chi connectivity index (χ0n) is 21.0. The van der Waals surface area contributed by atoms with Crippen LogP contribution in [0, 0.1) is 0 Å². The van der Waals surface area contributed by atoms with Gasteiger partial charge in [0.15, 0.2) is 20.7 Å². The van der Waals surface area contributed by atoms with Gasteiger partial charge in [0, 0.05) is 33.4 Å². The molecule has 11 nitrogen and oxygen atoms in total. The van der Waals surface area contributed by atoms with Crippen LogP contribution in [0.25, 0.3) is 10.3 Å². The van der Waals surface area contributed by atoms with Crippen molar-refractivity contribution in [1.82, 2.24) is 9.97 Å². The van der Waals surface area contributed by atoms with Gasteiger partial charge >= 0.3 is 0 Å². The Morgan fingerprint density at radius 2 is 2.00 bits per heavy atom. The highest BCUT2D eigenvalue weighted by Gasteiger charge is 2.31. The molecule has 4 rings (SSSR count). The lowest BCUT2D eigenvalue weighted by Gasteiger charge is -2.12. The molecule has 1 aliphatic rings. The number of thiazole rings is 1. The fourth-order valence-corrected chi connectivity index (χ4v) is 6.06. The van der Waals surface area contributed by atoms with Crippen LogP contribution in [0.15, 0.2) is 46.4 Å². The lowest BCUT2D eigenvalue weighted by molar-refractivity contribution is -0.110. The van der Waals surface area contributed by atoms with Crippen molar-refractivity contribution in [1.29, 1.82) is 0 Å². The van der Waals surface area contributed by atoms with Crippen LogP contribution in [0.3, 0.4) is 0 Å². The van der Waals surface area contributed by atoms with Crippen molar-refractivity contribution in [3.8, 4) is 0 Å². The summed E-state index contributed by atoms with van der Waals surface area (Å²) in [5.74, 6) is 0.215. The van der Waals surface area contributed by atoms with E-state index in [1.165, 1.54) is 42.7 Å². The molecule has 1 aromatic carbocycles. The summed E-state index contributed by atoms with van der Waals surface area (Å²) >= 11 is 1.23. The molecule has 1 saturated heterocycles.